The van der Waals surface area contributed by atoms with Crippen molar-refractivity contribution < 1.29 is 4.74 Å². The largest absolute Gasteiger partial charge is 0.372 e. The number of hydrogen-bond donors (Lipinski definition) is 1. The fourth-order valence-corrected chi connectivity index (χ4v) is 3.09. The molecule has 2 unspecified atom stereocenters. The van der Waals surface area contributed by atoms with Gasteiger partial charge in [-0.2, -0.15) is 0 Å². The van der Waals surface area contributed by atoms with Gasteiger partial charge in [-0.1, -0.05) is 63.9 Å². The zero-order valence-corrected chi connectivity index (χ0v) is 14.3. The molecule has 0 saturated carbocycles. The molecule has 2 atom stereocenters. The Morgan fingerprint density at radius 3 is 2.52 bits per heavy atom. The predicted octanol–water partition coefficient (Wildman–Crippen LogP) is 4.75. The topological polar surface area (TPSA) is 35.2 Å². The number of hydrogen-bond acceptors (Lipinski definition) is 2. The molecule has 0 aliphatic heterocycles. The number of rotatable bonds is 6. The maximum atomic E-state index is 6.38. The van der Waals surface area contributed by atoms with Gasteiger partial charge >= 0.3 is 0 Å². The standard InChI is InChI=1S/C17H19BrClNO/c1-2-21-17(12-6-4-3-5-7-12)16(20)10-13-8-9-14(18)11-15(13)19/h3-9,11,16-17H,2,10,20H2,1H3. The maximum absolute atomic E-state index is 6.38. The fraction of sp³-hybridized carbons (Fsp3) is 0.294. The van der Waals surface area contributed by atoms with Crippen LogP contribution in [-0.2, 0) is 11.2 Å². The van der Waals surface area contributed by atoms with Crippen molar-refractivity contribution in [2.24, 2.45) is 5.73 Å². The first-order chi connectivity index (χ1) is 10.1. The second-order valence-electron chi connectivity index (χ2n) is 4.89. The molecule has 2 rings (SSSR count). The summed E-state index contributed by atoms with van der Waals surface area (Å²) in [6.07, 6.45) is 0.544. The number of ether oxygens (including phenoxy) is 1. The lowest BCUT2D eigenvalue weighted by Gasteiger charge is -2.24. The molecule has 0 radical (unpaired) electrons. The highest BCUT2D eigenvalue weighted by Crippen LogP contribution is 2.27. The molecule has 0 amide bonds. The molecule has 0 aromatic heterocycles. The number of halogens is 2. The van der Waals surface area contributed by atoms with Crippen LogP contribution in [0.5, 0.6) is 0 Å². The summed E-state index contributed by atoms with van der Waals surface area (Å²) in [4.78, 5) is 0. The smallest absolute Gasteiger partial charge is 0.0978 e. The Kier molecular flexibility index (Phi) is 6.24. The van der Waals surface area contributed by atoms with E-state index in [1.165, 1.54) is 0 Å². The molecule has 21 heavy (non-hydrogen) atoms. The quantitative estimate of drug-likeness (QED) is 0.798. The van der Waals surface area contributed by atoms with Crippen LogP contribution in [0.1, 0.15) is 24.2 Å². The van der Waals surface area contributed by atoms with Crippen LogP contribution in [0.3, 0.4) is 0 Å². The fourth-order valence-electron chi connectivity index (χ4n) is 2.34. The summed E-state index contributed by atoms with van der Waals surface area (Å²) in [6.45, 7) is 2.61. The normalized spacial score (nSPS) is 13.9. The van der Waals surface area contributed by atoms with Crippen LogP contribution < -0.4 is 5.73 Å². The monoisotopic (exact) mass is 367 g/mol. The van der Waals surface area contributed by atoms with E-state index < -0.39 is 0 Å². The molecule has 112 valence electrons. The van der Waals surface area contributed by atoms with Crippen molar-refractivity contribution in [2.75, 3.05) is 6.61 Å². The van der Waals surface area contributed by atoms with Crippen molar-refractivity contribution in [3.8, 4) is 0 Å². The van der Waals surface area contributed by atoms with Crippen molar-refractivity contribution in [2.45, 2.75) is 25.5 Å². The summed E-state index contributed by atoms with van der Waals surface area (Å²) < 4.78 is 6.82. The number of nitrogens with two attached hydrogens (primary N) is 1. The van der Waals surface area contributed by atoms with Crippen molar-refractivity contribution >= 4 is 27.5 Å². The van der Waals surface area contributed by atoms with Crippen LogP contribution >= 0.6 is 27.5 Å². The molecule has 0 spiro atoms. The zero-order valence-electron chi connectivity index (χ0n) is 11.9. The number of benzene rings is 2. The first kappa shape index (κ1) is 16.5. The van der Waals surface area contributed by atoms with Gasteiger partial charge in [-0.25, -0.2) is 0 Å². The van der Waals surface area contributed by atoms with Crippen molar-refractivity contribution in [1.29, 1.82) is 0 Å². The Morgan fingerprint density at radius 2 is 1.90 bits per heavy atom. The van der Waals surface area contributed by atoms with Gasteiger partial charge in [0.1, 0.15) is 0 Å². The van der Waals surface area contributed by atoms with Gasteiger partial charge in [0.25, 0.3) is 0 Å². The zero-order chi connectivity index (χ0) is 15.2. The summed E-state index contributed by atoms with van der Waals surface area (Å²) in [7, 11) is 0. The van der Waals surface area contributed by atoms with Crippen LogP contribution in [0.4, 0.5) is 0 Å². The second-order valence-corrected chi connectivity index (χ2v) is 6.21. The van der Waals surface area contributed by atoms with Gasteiger partial charge in [0, 0.05) is 22.1 Å². The molecule has 2 aromatic rings. The van der Waals surface area contributed by atoms with Gasteiger partial charge in [-0.15, -0.1) is 0 Å². The molecule has 0 aliphatic rings. The Hall–Kier alpha value is -0.870. The van der Waals surface area contributed by atoms with Crippen LogP contribution in [-0.4, -0.2) is 12.6 Å². The SMILES string of the molecule is CCOC(c1ccccc1)C(N)Cc1ccc(Br)cc1Cl. The molecule has 2 aromatic carbocycles. The summed E-state index contributed by atoms with van der Waals surface area (Å²) in [5.41, 5.74) is 8.51. The van der Waals surface area contributed by atoms with Gasteiger partial charge in [0.15, 0.2) is 0 Å². The molecular weight excluding hydrogens is 350 g/mol. The van der Waals surface area contributed by atoms with Crippen molar-refractivity contribution in [3.05, 3.63) is 69.2 Å². The molecular formula is C17H19BrClNO. The average molecular weight is 369 g/mol. The summed E-state index contributed by atoms with van der Waals surface area (Å²) in [5, 5.41) is 0.725. The summed E-state index contributed by atoms with van der Waals surface area (Å²) in [5.74, 6) is 0. The third kappa shape index (κ3) is 4.55. The van der Waals surface area contributed by atoms with E-state index in [2.05, 4.69) is 15.9 Å². The van der Waals surface area contributed by atoms with E-state index in [0.29, 0.717) is 13.0 Å². The van der Waals surface area contributed by atoms with Gasteiger partial charge in [0.2, 0.25) is 0 Å². The van der Waals surface area contributed by atoms with Crippen LogP contribution in [0, 0.1) is 0 Å². The maximum Gasteiger partial charge on any atom is 0.0978 e. The molecule has 0 fully saturated rings. The van der Waals surface area contributed by atoms with E-state index in [9.17, 15) is 0 Å². The lowest BCUT2D eigenvalue weighted by molar-refractivity contribution is 0.0433. The van der Waals surface area contributed by atoms with E-state index in [-0.39, 0.29) is 12.1 Å². The lowest BCUT2D eigenvalue weighted by atomic mass is 9.96. The lowest BCUT2D eigenvalue weighted by Crippen LogP contribution is -2.32. The minimum Gasteiger partial charge on any atom is -0.372 e. The second kappa shape index (κ2) is 7.95. The predicted molar refractivity (Wildman–Crippen MR) is 91.6 cm³/mol. The highest BCUT2D eigenvalue weighted by Gasteiger charge is 2.21. The molecule has 0 heterocycles. The summed E-state index contributed by atoms with van der Waals surface area (Å²) in [6, 6.07) is 15.8. The Bertz CT molecular complexity index is 576. The van der Waals surface area contributed by atoms with Gasteiger partial charge < -0.3 is 10.5 Å². The average Bonchev–Trinajstić information content (AvgIpc) is 2.48. The van der Waals surface area contributed by atoms with E-state index in [4.69, 9.17) is 22.1 Å². The van der Waals surface area contributed by atoms with Crippen LogP contribution in [0.2, 0.25) is 5.02 Å². The first-order valence-electron chi connectivity index (χ1n) is 6.98. The van der Waals surface area contributed by atoms with Gasteiger partial charge in [-0.05, 0) is 36.6 Å². The minimum absolute atomic E-state index is 0.129. The van der Waals surface area contributed by atoms with Crippen molar-refractivity contribution in [3.63, 3.8) is 0 Å². The van der Waals surface area contributed by atoms with E-state index >= 15 is 0 Å². The first-order valence-corrected chi connectivity index (χ1v) is 8.15. The molecule has 0 bridgehead atoms. The Labute approximate surface area is 139 Å². The molecule has 2 nitrogen and oxygen atoms in total. The highest BCUT2D eigenvalue weighted by atomic mass is 79.9. The molecule has 0 saturated heterocycles. The third-order valence-corrected chi connectivity index (χ3v) is 4.18. The Balaban J connectivity index is 2.17. The third-order valence-electron chi connectivity index (χ3n) is 3.33. The van der Waals surface area contributed by atoms with E-state index in [1.54, 1.807) is 0 Å². The summed E-state index contributed by atoms with van der Waals surface area (Å²) >= 11 is 9.69. The molecule has 0 aliphatic carbocycles. The Morgan fingerprint density at radius 1 is 1.19 bits per heavy atom. The highest BCUT2D eigenvalue weighted by molar-refractivity contribution is 9.10. The van der Waals surface area contributed by atoms with Crippen LogP contribution in [0.25, 0.3) is 0 Å². The minimum atomic E-state index is -0.147. The van der Waals surface area contributed by atoms with Gasteiger partial charge in [0.05, 0.1) is 6.10 Å². The van der Waals surface area contributed by atoms with E-state index in [1.807, 2.05) is 55.5 Å². The molecule has 4 heteroatoms. The molecule has 2 N–H and O–H groups in total. The van der Waals surface area contributed by atoms with Crippen molar-refractivity contribution in [1.82, 2.24) is 0 Å². The van der Waals surface area contributed by atoms with E-state index in [0.717, 1.165) is 20.6 Å². The van der Waals surface area contributed by atoms with Gasteiger partial charge in [-0.3, -0.25) is 0 Å². The van der Waals surface area contributed by atoms with Crippen LogP contribution in [0.15, 0.2) is 53.0 Å².